The van der Waals surface area contributed by atoms with Crippen LogP contribution >= 0.6 is 22.6 Å². The zero-order valence-electron chi connectivity index (χ0n) is 13.6. The first-order valence-electron chi connectivity index (χ1n) is 7.70. The number of anilines is 2. The van der Waals surface area contributed by atoms with Gasteiger partial charge in [0, 0.05) is 15.2 Å². The van der Waals surface area contributed by atoms with Crippen molar-refractivity contribution in [3.63, 3.8) is 0 Å². The van der Waals surface area contributed by atoms with Crippen LogP contribution in [0.1, 0.15) is 10.4 Å². The highest BCUT2D eigenvalue weighted by Gasteiger charge is 2.22. The first-order chi connectivity index (χ1) is 12.5. The predicted octanol–water partition coefficient (Wildman–Crippen LogP) is 2.59. The number of hydrogen-bond donors (Lipinski definition) is 3. The van der Waals surface area contributed by atoms with Crippen LogP contribution in [-0.4, -0.2) is 33.8 Å². The van der Waals surface area contributed by atoms with E-state index in [-0.39, 0.29) is 37.0 Å². The minimum Gasteiger partial charge on any atom is -0.394 e. The number of carbonyl (C=O) groups is 1. The molecule has 0 bridgehead atoms. The second-order valence-corrected chi connectivity index (χ2v) is 6.65. The van der Waals surface area contributed by atoms with Gasteiger partial charge in [0.05, 0.1) is 24.5 Å². The van der Waals surface area contributed by atoms with E-state index in [1.54, 1.807) is 35.0 Å². The molecular formula is C17H16FIN4O3. The Morgan fingerprint density at radius 3 is 2.92 bits per heavy atom. The molecule has 0 unspecified atom stereocenters. The molecule has 4 N–H and O–H groups in total. The van der Waals surface area contributed by atoms with E-state index in [0.29, 0.717) is 11.0 Å². The monoisotopic (exact) mass is 470 g/mol. The number of amides is 1. The Kier molecular flexibility index (Phi) is 5.69. The summed E-state index contributed by atoms with van der Waals surface area (Å²) in [4.78, 5) is 16.4. The standard InChI is InChI=1S/C17H16FIN4O3/c18-12-8-10(19)3-4-13(12)22-17-14(15(20)25)11-2-1-5-21-16(11)23(17)9-26-7-6-24/h1-5,8,22,24H,6-7,9H2,(H2,20,25). The molecule has 3 aromatic rings. The number of carbonyl (C=O) groups excluding carboxylic acids is 1. The van der Waals surface area contributed by atoms with Gasteiger partial charge >= 0.3 is 0 Å². The van der Waals surface area contributed by atoms with Gasteiger partial charge in [0.1, 0.15) is 24.0 Å². The van der Waals surface area contributed by atoms with Crippen LogP contribution in [0.15, 0.2) is 36.5 Å². The van der Waals surface area contributed by atoms with Gasteiger partial charge in [-0.2, -0.15) is 0 Å². The van der Waals surface area contributed by atoms with Gasteiger partial charge in [0.15, 0.2) is 0 Å². The maximum Gasteiger partial charge on any atom is 0.253 e. The molecule has 0 radical (unpaired) electrons. The van der Waals surface area contributed by atoms with Crippen molar-refractivity contribution in [2.24, 2.45) is 5.73 Å². The highest BCUT2D eigenvalue weighted by Crippen LogP contribution is 2.32. The zero-order chi connectivity index (χ0) is 18.7. The quantitative estimate of drug-likeness (QED) is 0.364. The number of hydrogen-bond acceptors (Lipinski definition) is 5. The highest BCUT2D eigenvalue weighted by molar-refractivity contribution is 14.1. The minimum absolute atomic E-state index is 0.00960. The van der Waals surface area contributed by atoms with Crippen molar-refractivity contribution in [3.8, 4) is 0 Å². The molecule has 9 heteroatoms. The second kappa shape index (κ2) is 7.98. The Morgan fingerprint density at radius 1 is 1.42 bits per heavy atom. The van der Waals surface area contributed by atoms with Gasteiger partial charge in [-0.25, -0.2) is 9.37 Å². The lowest BCUT2D eigenvalue weighted by Gasteiger charge is -2.14. The van der Waals surface area contributed by atoms with E-state index in [1.165, 1.54) is 6.07 Å². The summed E-state index contributed by atoms with van der Waals surface area (Å²) in [7, 11) is 0. The fourth-order valence-electron chi connectivity index (χ4n) is 2.62. The summed E-state index contributed by atoms with van der Waals surface area (Å²) in [6.07, 6.45) is 1.57. The molecule has 0 saturated carbocycles. The minimum atomic E-state index is -0.669. The molecule has 0 saturated heterocycles. The number of halogens is 2. The van der Waals surface area contributed by atoms with E-state index in [1.807, 2.05) is 22.6 Å². The van der Waals surface area contributed by atoms with Gasteiger partial charge < -0.3 is 20.9 Å². The van der Waals surface area contributed by atoms with Gasteiger partial charge in [-0.3, -0.25) is 9.36 Å². The number of aliphatic hydroxyl groups excluding tert-OH is 1. The number of nitrogens with zero attached hydrogens (tertiary/aromatic N) is 2. The number of pyridine rings is 1. The molecule has 2 heterocycles. The van der Waals surface area contributed by atoms with Crippen LogP contribution in [0.5, 0.6) is 0 Å². The number of fused-ring (bicyclic) bond motifs is 1. The Balaban J connectivity index is 2.15. The zero-order valence-corrected chi connectivity index (χ0v) is 15.7. The lowest BCUT2D eigenvalue weighted by Crippen LogP contribution is -2.15. The Bertz CT molecular complexity index is 961. The molecule has 3 rings (SSSR count). The third-order valence-electron chi connectivity index (χ3n) is 3.71. The van der Waals surface area contributed by atoms with Crippen molar-refractivity contribution in [2.45, 2.75) is 6.73 Å². The molecule has 0 atom stereocenters. The molecule has 0 fully saturated rings. The second-order valence-electron chi connectivity index (χ2n) is 5.40. The molecule has 0 spiro atoms. The summed E-state index contributed by atoms with van der Waals surface area (Å²) in [5.41, 5.74) is 6.42. The topological polar surface area (TPSA) is 102 Å². The summed E-state index contributed by atoms with van der Waals surface area (Å²) in [5.74, 6) is -0.852. The van der Waals surface area contributed by atoms with Crippen LogP contribution in [0, 0.1) is 9.39 Å². The van der Waals surface area contributed by atoms with E-state index >= 15 is 0 Å². The highest BCUT2D eigenvalue weighted by atomic mass is 127. The molecule has 0 aliphatic heterocycles. The molecule has 26 heavy (non-hydrogen) atoms. The van der Waals surface area contributed by atoms with Crippen molar-refractivity contribution < 1.29 is 19.0 Å². The van der Waals surface area contributed by atoms with E-state index in [2.05, 4.69) is 10.3 Å². The maximum atomic E-state index is 14.3. The maximum absolute atomic E-state index is 14.3. The first kappa shape index (κ1) is 18.5. The fourth-order valence-corrected chi connectivity index (χ4v) is 3.07. The normalized spacial score (nSPS) is 11.0. The van der Waals surface area contributed by atoms with Crippen LogP contribution < -0.4 is 11.1 Å². The smallest absolute Gasteiger partial charge is 0.253 e. The molecule has 2 aromatic heterocycles. The van der Waals surface area contributed by atoms with Crippen LogP contribution in [0.2, 0.25) is 0 Å². The van der Waals surface area contributed by atoms with Crippen molar-refractivity contribution >= 4 is 51.0 Å². The van der Waals surface area contributed by atoms with Crippen LogP contribution in [0.3, 0.4) is 0 Å². The van der Waals surface area contributed by atoms with Gasteiger partial charge in [-0.1, -0.05) is 0 Å². The van der Waals surface area contributed by atoms with Gasteiger partial charge in [0.25, 0.3) is 5.91 Å². The van der Waals surface area contributed by atoms with Gasteiger partial charge in [0.2, 0.25) is 0 Å². The van der Waals surface area contributed by atoms with Crippen LogP contribution in [0.4, 0.5) is 15.9 Å². The average molecular weight is 470 g/mol. The fraction of sp³-hybridized carbons (Fsp3) is 0.176. The van der Waals surface area contributed by atoms with Crippen molar-refractivity contribution in [1.29, 1.82) is 0 Å². The average Bonchev–Trinajstić information content (AvgIpc) is 2.91. The summed E-state index contributed by atoms with van der Waals surface area (Å²) < 4.78 is 22.0. The van der Waals surface area contributed by atoms with E-state index < -0.39 is 11.7 Å². The third-order valence-corrected chi connectivity index (χ3v) is 4.38. The SMILES string of the molecule is NC(=O)c1c(Nc2ccc(I)cc2F)n(COCCO)c2ncccc12. The molecule has 7 nitrogen and oxygen atoms in total. The predicted molar refractivity (Wildman–Crippen MR) is 104 cm³/mol. The van der Waals surface area contributed by atoms with Crippen LogP contribution in [-0.2, 0) is 11.5 Å². The number of primary amides is 1. The van der Waals surface area contributed by atoms with Crippen molar-refractivity contribution in [1.82, 2.24) is 9.55 Å². The number of nitrogens with two attached hydrogens (primary N) is 1. The van der Waals surface area contributed by atoms with Crippen molar-refractivity contribution in [2.75, 3.05) is 18.5 Å². The Morgan fingerprint density at radius 2 is 2.23 bits per heavy atom. The number of benzene rings is 1. The van der Waals surface area contributed by atoms with E-state index in [9.17, 15) is 9.18 Å². The molecule has 0 aliphatic rings. The van der Waals surface area contributed by atoms with Crippen LogP contribution in [0.25, 0.3) is 11.0 Å². The molecule has 0 aliphatic carbocycles. The molecule has 136 valence electrons. The summed E-state index contributed by atoms with van der Waals surface area (Å²) >= 11 is 2.01. The molecule has 1 amide bonds. The Hall–Kier alpha value is -2.24. The largest absolute Gasteiger partial charge is 0.394 e. The summed E-state index contributed by atoms with van der Waals surface area (Å²) in [6.45, 7) is -0.0325. The lowest BCUT2D eigenvalue weighted by atomic mass is 10.2. The summed E-state index contributed by atoms with van der Waals surface area (Å²) in [6, 6.07) is 8.08. The van der Waals surface area contributed by atoms with Gasteiger partial charge in [-0.15, -0.1) is 0 Å². The number of nitrogens with one attached hydrogen (secondary N) is 1. The molecule has 1 aromatic carbocycles. The number of ether oxygens (including phenoxy) is 1. The first-order valence-corrected chi connectivity index (χ1v) is 8.78. The van der Waals surface area contributed by atoms with Crippen molar-refractivity contribution in [3.05, 3.63) is 51.5 Å². The lowest BCUT2D eigenvalue weighted by molar-refractivity contribution is 0.0511. The van der Waals surface area contributed by atoms with E-state index in [4.69, 9.17) is 15.6 Å². The van der Waals surface area contributed by atoms with Gasteiger partial charge in [-0.05, 0) is 52.9 Å². The number of aromatic nitrogens is 2. The Labute approximate surface area is 162 Å². The number of aliphatic hydroxyl groups is 1. The number of rotatable bonds is 7. The third kappa shape index (κ3) is 3.64. The molecular weight excluding hydrogens is 454 g/mol. The van der Waals surface area contributed by atoms with E-state index in [0.717, 1.165) is 3.57 Å². The summed E-state index contributed by atoms with van der Waals surface area (Å²) in [5, 5.41) is 12.4.